The van der Waals surface area contributed by atoms with Gasteiger partial charge in [0.2, 0.25) is 0 Å². The summed E-state index contributed by atoms with van der Waals surface area (Å²) < 4.78 is 11.2. The molecule has 116 valence electrons. The molecule has 1 aliphatic carbocycles. The standard InChI is InChI=1S/C16H18N2O4/c1-17(2)11-7-5-9(21-11)13-15(19)14(16(13)20)10-6-8-12(22-10)18(3)4/h5-8,11,19H,1-4H3/b13-9-. The first-order chi connectivity index (χ1) is 10.4. The second-order valence-electron chi connectivity index (χ2n) is 5.78. The zero-order valence-electron chi connectivity index (χ0n) is 13.0. The summed E-state index contributed by atoms with van der Waals surface area (Å²) in [7, 11) is 7.53. The first kappa shape index (κ1) is 14.5. The number of Topliss-reactive ketones (excluding diaryl/α,β-unsaturated/α-hetero) is 1. The van der Waals surface area contributed by atoms with E-state index >= 15 is 0 Å². The van der Waals surface area contributed by atoms with Crippen LogP contribution in [0.4, 0.5) is 5.88 Å². The SMILES string of the molecule is CN(C)c1ccc(C2=C([O-])/C(=C3\C=CC([NH+](C)C)O3)C2=O)o1. The first-order valence-corrected chi connectivity index (χ1v) is 7.03. The molecule has 2 heterocycles. The highest BCUT2D eigenvalue weighted by molar-refractivity contribution is 6.38. The second-order valence-corrected chi connectivity index (χ2v) is 5.78. The van der Waals surface area contributed by atoms with E-state index in [0.717, 1.165) is 4.90 Å². The maximum absolute atomic E-state index is 12.3. The van der Waals surface area contributed by atoms with Crippen LogP contribution in [-0.4, -0.2) is 40.2 Å². The predicted octanol–water partition coefficient (Wildman–Crippen LogP) is -0.689. The van der Waals surface area contributed by atoms with Crippen molar-refractivity contribution in [2.75, 3.05) is 33.1 Å². The van der Waals surface area contributed by atoms with E-state index in [1.807, 2.05) is 34.3 Å². The number of quaternary nitrogens is 1. The highest BCUT2D eigenvalue weighted by Gasteiger charge is 2.36. The number of ether oxygens (including phenoxy) is 1. The van der Waals surface area contributed by atoms with Crippen LogP contribution in [0.2, 0.25) is 0 Å². The molecule has 0 spiro atoms. The maximum Gasteiger partial charge on any atom is 0.251 e. The number of rotatable bonds is 3. The van der Waals surface area contributed by atoms with Crippen LogP contribution in [-0.2, 0) is 9.53 Å². The molecule has 0 aromatic carbocycles. The summed E-state index contributed by atoms with van der Waals surface area (Å²) in [6.45, 7) is 0. The van der Waals surface area contributed by atoms with Crippen molar-refractivity contribution >= 4 is 17.2 Å². The van der Waals surface area contributed by atoms with E-state index in [9.17, 15) is 9.90 Å². The van der Waals surface area contributed by atoms with Crippen LogP contribution in [0.3, 0.4) is 0 Å². The van der Waals surface area contributed by atoms with Gasteiger partial charge in [-0.1, -0.05) is 5.76 Å². The molecule has 6 heteroatoms. The number of nitrogens with one attached hydrogen (secondary N) is 1. The molecule has 3 rings (SSSR count). The monoisotopic (exact) mass is 302 g/mol. The third kappa shape index (κ3) is 2.12. The Hall–Kier alpha value is -2.47. The topological polar surface area (TPSA) is 70.2 Å². The Morgan fingerprint density at radius 2 is 1.95 bits per heavy atom. The number of anilines is 1. The fourth-order valence-electron chi connectivity index (χ4n) is 2.39. The van der Waals surface area contributed by atoms with Crippen LogP contribution >= 0.6 is 0 Å². The highest BCUT2D eigenvalue weighted by Crippen LogP contribution is 2.39. The molecule has 6 nitrogen and oxygen atoms in total. The lowest BCUT2D eigenvalue weighted by Crippen LogP contribution is -3.09. The van der Waals surface area contributed by atoms with E-state index in [2.05, 4.69) is 0 Å². The molecule has 1 atom stereocenters. The van der Waals surface area contributed by atoms with Gasteiger partial charge in [-0.3, -0.25) is 4.79 Å². The van der Waals surface area contributed by atoms with Gasteiger partial charge in [-0.25, -0.2) is 0 Å². The molecule has 1 aromatic rings. The van der Waals surface area contributed by atoms with E-state index < -0.39 is 0 Å². The van der Waals surface area contributed by atoms with Crippen molar-refractivity contribution in [3.8, 4) is 0 Å². The third-order valence-electron chi connectivity index (χ3n) is 3.68. The first-order valence-electron chi connectivity index (χ1n) is 7.03. The van der Waals surface area contributed by atoms with Crippen molar-refractivity contribution in [1.82, 2.24) is 0 Å². The number of carbonyl (C=O) groups excluding carboxylic acids is 1. The maximum atomic E-state index is 12.3. The molecule has 0 fully saturated rings. The minimum Gasteiger partial charge on any atom is -0.871 e. The lowest BCUT2D eigenvalue weighted by Gasteiger charge is -2.30. The van der Waals surface area contributed by atoms with E-state index in [-0.39, 0.29) is 28.9 Å². The molecule has 1 unspecified atom stereocenters. The van der Waals surface area contributed by atoms with E-state index in [4.69, 9.17) is 9.15 Å². The lowest BCUT2D eigenvalue weighted by molar-refractivity contribution is -0.900. The Morgan fingerprint density at radius 3 is 2.45 bits per heavy atom. The predicted molar refractivity (Wildman–Crippen MR) is 78.8 cm³/mol. The van der Waals surface area contributed by atoms with Crippen LogP contribution < -0.4 is 14.9 Å². The molecule has 0 bridgehead atoms. The number of carbonyl (C=O) groups is 1. The van der Waals surface area contributed by atoms with Gasteiger partial charge in [-0.2, -0.15) is 0 Å². The fraction of sp³-hybridized carbons (Fsp3) is 0.312. The van der Waals surface area contributed by atoms with E-state index in [1.165, 1.54) is 0 Å². The number of ketones is 1. The van der Waals surface area contributed by atoms with E-state index in [1.54, 1.807) is 23.1 Å². The Kier molecular flexibility index (Phi) is 3.33. The number of hydrogen-bond acceptors (Lipinski definition) is 5. The van der Waals surface area contributed by atoms with Crippen LogP contribution in [0.25, 0.3) is 5.57 Å². The lowest BCUT2D eigenvalue weighted by atomic mass is 9.85. The van der Waals surface area contributed by atoms with Crippen LogP contribution in [0, 0.1) is 0 Å². The summed E-state index contributed by atoms with van der Waals surface area (Å²) in [6, 6.07) is 3.37. The Labute approximate surface area is 128 Å². The number of allylic oxidation sites excluding steroid dienone is 3. The van der Waals surface area contributed by atoms with Crippen molar-refractivity contribution in [2.24, 2.45) is 0 Å². The number of furan rings is 1. The summed E-state index contributed by atoms with van der Waals surface area (Å²) in [5, 5.41) is 12.3. The highest BCUT2D eigenvalue weighted by atomic mass is 16.5. The molecular weight excluding hydrogens is 284 g/mol. The zero-order chi connectivity index (χ0) is 16.0. The van der Waals surface area contributed by atoms with Gasteiger partial charge in [0.25, 0.3) is 6.23 Å². The molecule has 2 aliphatic rings. The van der Waals surface area contributed by atoms with Gasteiger partial charge < -0.3 is 24.1 Å². The molecule has 1 N–H and O–H groups in total. The van der Waals surface area contributed by atoms with Crippen LogP contribution in [0.1, 0.15) is 5.76 Å². The van der Waals surface area contributed by atoms with Crippen molar-refractivity contribution in [3.05, 3.63) is 47.1 Å². The van der Waals surface area contributed by atoms with Crippen LogP contribution in [0.15, 0.2) is 45.8 Å². The number of nitrogens with zero attached hydrogens (tertiary/aromatic N) is 1. The average Bonchev–Trinajstić information content (AvgIpc) is 3.08. The molecule has 0 saturated carbocycles. The van der Waals surface area contributed by atoms with Gasteiger partial charge in [-0.05, 0) is 12.1 Å². The summed E-state index contributed by atoms with van der Waals surface area (Å²) >= 11 is 0. The number of hydrogen-bond donors (Lipinski definition) is 1. The van der Waals surface area contributed by atoms with Gasteiger partial charge in [0, 0.05) is 26.2 Å². The summed E-state index contributed by atoms with van der Waals surface area (Å²) in [5.74, 6) is 0.610. The third-order valence-corrected chi connectivity index (χ3v) is 3.68. The van der Waals surface area contributed by atoms with Gasteiger partial charge in [-0.15, -0.1) is 0 Å². The summed E-state index contributed by atoms with van der Waals surface area (Å²) in [4.78, 5) is 15.1. The molecule has 0 saturated heterocycles. The van der Waals surface area contributed by atoms with Crippen molar-refractivity contribution < 1.29 is 24.0 Å². The second kappa shape index (κ2) is 5.06. The Bertz CT molecular complexity index is 722. The number of likely N-dealkylation sites (N-methyl/N-ethyl adjacent to an activating group) is 1. The molecule has 1 aliphatic heterocycles. The molecule has 22 heavy (non-hydrogen) atoms. The summed E-state index contributed by atoms with van der Waals surface area (Å²) in [5.41, 5.74) is 0.200. The minimum absolute atomic E-state index is 0.0910. The van der Waals surface area contributed by atoms with Gasteiger partial charge in [0.05, 0.1) is 25.2 Å². The zero-order valence-corrected chi connectivity index (χ0v) is 13.0. The van der Waals surface area contributed by atoms with Crippen LogP contribution in [0.5, 0.6) is 0 Å². The molecule has 0 radical (unpaired) electrons. The molecule has 0 amide bonds. The molecular formula is C16H18N2O4. The van der Waals surface area contributed by atoms with Crippen molar-refractivity contribution in [1.29, 1.82) is 0 Å². The van der Waals surface area contributed by atoms with Gasteiger partial charge >= 0.3 is 0 Å². The quantitative estimate of drug-likeness (QED) is 0.749. The van der Waals surface area contributed by atoms with Crippen molar-refractivity contribution in [3.63, 3.8) is 0 Å². The largest absolute Gasteiger partial charge is 0.871 e. The Morgan fingerprint density at radius 1 is 1.23 bits per heavy atom. The fourth-order valence-corrected chi connectivity index (χ4v) is 2.39. The molecule has 1 aromatic heterocycles. The van der Waals surface area contributed by atoms with Crippen molar-refractivity contribution in [2.45, 2.75) is 6.23 Å². The van der Waals surface area contributed by atoms with Gasteiger partial charge in [0.15, 0.2) is 11.7 Å². The Balaban J connectivity index is 1.92. The smallest absolute Gasteiger partial charge is 0.251 e. The average molecular weight is 302 g/mol. The minimum atomic E-state index is -0.321. The summed E-state index contributed by atoms with van der Waals surface area (Å²) in [6.07, 6.45) is 3.36. The van der Waals surface area contributed by atoms with Gasteiger partial charge in [0.1, 0.15) is 11.5 Å². The normalized spacial score (nSPS) is 24.0. The van der Waals surface area contributed by atoms with E-state index in [0.29, 0.717) is 17.4 Å².